The van der Waals surface area contributed by atoms with E-state index in [2.05, 4.69) is 4.74 Å². The molecule has 0 amide bonds. The van der Waals surface area contributed by atoms with Crippen LogP contribution in [0.4, 0.5) is 13.2 Å². The SMILES string of the molecule is CC1(C)COC(CCOC(=O)C(F)(F)F)OC1. The Morgan fingerprint density at radius 2 is 1.88 bits per heavy atom. The maximum absolute atomic E-state index is 11.8. The number of carbonyl (C=O) groups excluding carboxylic acids is 1. The highest BCUT2D eigenvalue weighted by molar-refractivity contribution is 5.75. The van der Waals surface area contributed by atoms with Crippen molar-refractivity contribution in [2.75, 3.05) is 19.8 Å². The average Bonchev–Trinajstić information content (AvgIpc) is 2.19. The van der Waals surface area contributed by atoms with Gasteiger partial charge in [0.2, 0.25) is 0 Å². The molecular formula is C10H15F3O4. The van der Waals surface area contributed by atoms with Gasteiger partial charge in [-0.3, -0.25) is 0 Å². The van der Waals surface area contributed by atoms with E-state index < -0.39 is 18.4 Å². The molecular weight excluding hydrogens is 241 g/mol. The standard InChI is InChI=1S/C10H15F3O4/c1-9(2)5-16-7(17-6-9)3-4-15-8(14)10(11,12)13/h7H,3-6H2,1-2H3. The van der Waals surface area contributed by atoms with Crippen LogP contribution in [0.15, 0.2) is 0 Å². The van der Waals surface area contributed by atoms with Gasteiger partial charge in [-0.2, -0.15) is 13.2 Å². The molecule has 1 heterocycles. The van der Waals surface area contributed by atoms with Gasteiger partial charge in [0, 0.05) is 11.8 Å². The number of halogens is 3. The second-order valence-corrected chi connectivity index (χ2v) is 4.64. The molecule has 0 unspecified atom stereocenters. The highest BCUT2D eigenvalue weighted by Gasteiger charge is 2.41. The average molecular weight is 256 g/mol. The highest BCUT2D eigenvalue weighted by Crippen LogP contribution is 2.24. The Labute approximate surface area is 97.0 Å². The highest BCUT2D eigenvalue weighted by atomic mass is 19.4. The van der Waals surface area contributed by atoms with Crippen LogP contribution in [-0.4, -0.2) is 38.3 Å². The summed E-state index contributed by atoms with van der Waals surface area (Å²) >= 11 is 0. The first-order valence-corrected chi connectivity index (χ1v) is 5.18. The smallest absolute Gasteiger partial charge is 0.459 e. The molecule has 0 atom stereocenters. The molecule has 0 aliphatic carbocycles. The van der Waals surface area contributed by atoms with Crippen LogP contribution in [0.3, 0.4) is 0 Å². The third kappa shape index (κ3) is 4.91. The Hall–Kier alpha value is -0.820. The van der Waals surface area contributed by atoms with Crippen LogP contribution in [0.2, 0.25) is 0 Å². The van der Waals surface area contributed by atoms with Crippen LogP contribution >= 0.6 is 0 Å². The third-order valence-corrected chi connectivity index (χ3v) is 2.14. The molecule has 0 spiro atoms. The van der Waals surface area contributed by atoms with Gasteiger partial charge < -0.3 is 14.2 Å². The van der Waals surface area contributed by atoms with E-state index in [-0.39, 0.29) is 18.4 Å². The van der Waals surface area contributed by atoms with Gasteiger partial charge in [0.05, 0.1) is 19.8 Å². The van der Waals surface area contributed by atoms with Gasteiger partial charge in [-0.25, -0.2) is 4.79 Å². The van der Waals surface area contributed by atoms with E-state index in [1.165, 1.54) is 0 Å². The summed E-state index contributed by atoms with van der Waals surface area (Å²) in [6, 6.07) is 0. The zero-order valence-electron chi connectivity index (χ0n) is 9.67. The van der Waals surface area contributed by atoms with Crippen LogP contribution in [0, 0.1) is 5.41 Å². The minimum atomic E-state index is -4.95. The fourth-order valence-corrected chi connectivity index (χ4v) is 1.22. The van der Waals surface area contributed by atoms with Crippen molar-refractivity contribution in [1.82, 2.24) is 0 Å². The second-order valence-electron chi connectivity index (χ2n) is 4.64. The van der Waals surface area contributed by atoms with Crippen LogP contribution in [0.5, 0.6) is 0 Å². The molecule has 0 aromatic rings. The van der Waals surface area contributed by atoms with Crippen molar-refractivity contribution < 1.29 is 32.2 Å². The monoisotopic (exact) mass is 256 g/mol. The molecule has 1 saturated heterocycles. The van der Waals surface area contributed by atoms with Crippen LogP contribution in [0.25, 0.3) is 0 Å². The first kappa shape index (κ1) is 14.2. The van der Waals surface area contributed by atoms with Crippen molar-refractivity contribution in [1.29, 1.82) is 0 Å². The van der Waals surface area contributed by atoms with Gasteiger partial charge in [-0.05, 0) is 0 Å². The molecule has 1 aliphatic rings. The number of rotatable bonds is 3. The van der Waals surface area contributed by atoms with Gasteiger partial charge in [-0.15, -0.1) is 0 Å². The van der Waals surface area contributed by atoms with Crippen molar-refractivity contribution in [3.63, 3.8) is 0 Å². The van der Waals surface area contributed by atoms with Crippen molar-refractivity contribution in [2.24, 2.45) is 5.41 Å². The largest absolute Gasteiger partial charge is 0.490 e. The van der Waals surface area contributed by atoms with E-state index in [0.29, 0.717) is 13.2 Å². The second kappa shape index (κ2) is 5.22. The lowest BCUT2D eigenvalue weighted by Crippen LogP contribution is -2.38. The molecule has 0 saturated carbocycles. The summed E-state index contributed by atoms with van der Waals surface area (Å²) in [6.07, 6.45) is -5.46. The lowest BCUT2D eigenvalue weighted by molar-refractivity contribution is -0.230. The molecule has 0 N–H and O–H groups in total. The molecule has 1 aliphatic heterocycles. The van der Waals surface area contributed by atoms with E-state index >= 15 is 0 Å². The minimum Gasteiger partial charge on any atom is -0.459 e. The summed E-state index contributed by atoms with van der Waals surface area (Å²) in [5.74, 6) is -2.19. The number of ether oxygens (including phenoxy) is 3. The Kier molecular flexibility index (Phi) is 4.37. The molecule has 7 heteroatoms. The Bertz CT molecular complexity index is 265. The fraction of sp³-hybridized carbons (Fsp3) is 0.900. The zero-order chi connectivity index (χ0) is 13.1. The molecule has 17 heavy (non-hydrogen) atoms. The molecule has 0 aromatic heterocycles. The number of alkyl halides is 3. The number of hydrogen-bond donors (Lipinski definition) is 0. The Morgan fingerprint density at radius 1 is 1.35 bits per heavy atom. The molecule has 100 valence electrons. The van der Waals surface area contributed by atoms with Crippen molar-refractivity contribution >= 4 is 5.97 Å². The summed E-state index contributed by atoms with van der Waals surface area (Å²) < 4.78 is 49.9. The number of carbonyl (C=O) groups is 1. The lowest BCUT2D eigenvalue weighted by Gasteiger charge is -2.34. The first-order chi connectivity index (χ1) is 7.71. The van der Waals surface area contributed by atoms with Crippen molar-refractivity contribution in [3.05, 3.63) is 0 Å². The van der Waals surface area contributed by atoms with Gasteiger partial charge in [0.1, 0.15) is 0 Å². The Morgan fingerprint density at radius 3 is 2.35 bits per heavy atom. The van der Waals surface area contributed by atoms with Crippen molar-refractivity contribution in [3.8, 4) is 0 Å². The van der Waals surface area contributed by atoms with Gasteiger partial charge in [0.25, 0.3) is 0 Å². The molecule has 0 bridgehead atoms. The van der Waals surface area contributed by atoms with E-state index in [4.69, 9.17) is 9.47 Å². The van der Waals surface area contributed by atoms with E-state index in [0.717, 1.165) is 0 Å². The topological polar surface area (TPSA) is 44.8 Å². The van der Waals surface area contributed by atoms with Crippen LogP contribution in [-0.2, 0) is 19.0 Å². The maximum atomic E-state index is 11.8. The van der Waals surface area contributed by atoms with Gasteiger partial charge in [0.15, 0.2) is 6.29 Å². The normalized spacial score (nSPS) is 21.2. The third-order valence-electron chi connectivity index (χ3n) is 2.14. The molecule has 1 fully saturated rings. The Balaban J connectivity index is 2.19. The predicted molar refractivity (Wildman–Crippen MR) is 51.1 cm³/mol. The fourth-order valence-electron chi connectivity index (χ4n) is 1.22. The zero-order valence-corrected chi connectivity index (χ0v) is 9.67. The molecule has 0 aromatic carbocycles. The first-order valence-electron chi connectivity index (χ1n) is 5.18. The number of hydrogen-bond acceptors (Lipinski definition) is 4. The van der Waals surface area contributed by atoms with E-state index in [9.17, 15) is 18.0 Å². The summed E-state index contributed by atoms with van der Waals surface area (Å²) in [4.78, 5) is 10.4. The molecule has 1 rings (SSSR count). The quantitative estimate of drug-likeness (QED) is 0.723. The molecule has 4 nitrogen and oxygen atoms in total. The minimum absolute atomic E-state index is 0.0951. The summed E-state index contributed by atoms with van der Waals surface area (Å²) in [5.41, 5.74) is -0.0981. The van der Waals surface area contributed by atoms with Crippen LogP contribution in [0.1, 0.15) is 20.3 Å². The van der Waals surface area contributed by atoms with Crippen LogP contribution < -0.4 is 0 Å². The van der Waals surface area contributed by atoms with E-state index in [1.807, 2.05) is 13.8 Å². The lowest BCUT2D eigenvalue weighted by atomic mass is 9.95. The van der Waals surface area contributed by atoms with Crippen molar-refractivity contribution in [2.45, 2.75) is 32.7 Å². The van der Waals surface area contributed by atoms with Gasteiger partial charge in [-0.1, -0.05) is 13.8 Å². The summed E-state index contributed by atoms with van der Waals surface area (Å²) in [7, 11) is 0. The number of esters is 1. The predicted octanol–water partition coefficient (Wildman–Crippen LogP) is 1.88. The maximum Gasteiger partial charge on any atom is 0.490 e. The van der Waals surface area contributed by atoms with Gasteiger partial charge >= 0.3 is 12.1 Å². The summed E-state index contributed by atoms with van der Waals surface area (Å²) in [5, 5.41) is 0. The van der Waals surface area contributed by atoms with E-state index in [1.54, 1.807) is 0 Å². The summed E-state index contributed by atoms with van der Waals surface area (Å²) in [6.45, 7) is 4.46. The molecule has 0 radical (unpaired) electrons.